The maximum absolute atomic E-state index is 14.4. The summed E-state index contributed by atoms with van der Waals surface area (Å²) in [5, 5.41) is 13.8. The molecular formula is C29H31ClF3N3O3. The van der Waals surface area contributed by atoms with E-state index in [0.717, 1.165) is 33.1 Å². The third-order valence-electron chi connectivity index (χ3n) is 7.41. The van der Waals surface area contributed by atoms with Crippen molar-refractivity contribution in [3.8, 4) is 0 Å². The number of hydrogen-bond donors (Lipinski definition) is 1. The quantitative estimate of drug-likeness (QED) is 0.325. The molecule has 1 fully saturated rings. The molecule has 1 heterocycles. The first-order valence-corrected chi connectivity index (χ1v) is 13.3. The van der Waals surface area contributed by atoms with E-state index in [-0.39, 0.29) is 38.8 Å². The van der Waals surface area contributed by atoms with Crippen molar-refractivity contribution in [2.75, 3.05) is 6.54 Å². The smallest absolute Gasteiger partial charge is 0.433 e. The fraction of sp³-hybridized carbons (Fsp3) is 0.414. The number of carboxylic acids is 1. The highest BCUT2D eigenvalue weighted by Gasteiger charge is 2.43. The van der Waals surface area contributed by atoms with Crippen LogP contribution >= 0.6 is 11.6 Å². The average Bonchev–Trinajstić information content (AvgIpc) is 3.34. The highest BCUT2D eigenvalue weighted by molar-refractivity contribution is 6.30. The van der Waals surface area contributed by atoms with E-state index in [0.29, 0.717) is 11.4 Å². The van der Waals surface area contributed by atoms with Gasteiger partial charge in [-0.05, 0) is 74.8 Å². The third-order valence-corrected chi connectivity index (χ3v) is 7.66. The van der Waals surface area contributed by atoms with E-state index in [1.807, 2.05) is 32.0 Å². The number of halogens is 4. The molecule has 0 aliphatic heterocycles. The SMILES string of the molecule is Cc1ccc(CCN(Cc2ccc(Cl)cc2)C(=O)c2cnn([C@H]3CC[C@H](C(=O)O)CC3)c2C(F)(F)F)c(C)c1. The van der Waals surface area contributed by atoms with Gasteiger partial charge in [-0.15, -0.1) is 0 Å². The van der Waals surface area contributed by atoms with Crippen molar-refractivity contribution in [1.29, 1.82) is 0 Å². The first kappa shape index (κ1) is 28.7. The maximum Gasteiger partial charge on any atom is 0.433 e. The predicted molar refractivity (Wildman–Crippen MR) is 142 cm³/mol. The van der Waals surface area contributed by atoms with Gasteiger partial charge in [-0.1, -0.05) is 47.5 Å². The maximum atomic E-state index is 14.4. The first-order valence-electron chi connectivity index (χ1n) is 12.9. The monoisotopic (exact) mass is 561 g/mol. The number of rotatable bonds is 8. The van der Waals surface area contributed by atoms with Crippen LogP contribution in [0.3, 0.4) is 0 Å². The van der Waals surface area contributed by atoms with Crippen molar-refractivity contribution in [1.82, 2.24) is 14.7 Å². The van der Waals surface area contributed by atoms with E-state index in [9.17, 15) is 27.9 Å². The van der Waals surface area contributed by atoms with Gasteiger partial charge >= 0.3 is 12.1 Å². The first-order chi connectivity index (χ1) is 18.4. The van der Waals surface area contributed by atoms with Crippen LogP contribution in [0, 0.1) is 19.8 Å². The number of hydrogen-bond acceptors (Lipinski definition) is 3. The van der Waals surface area contributed by atoms with Crippen molar-refractivity contribution >= 4 is 23.5 Å². The second-order valence-electron chi connectivity index (χ2n) is 10.2. The second-order valence-corrected chi connectivity index (χ2v) is 10.7. The fourth-order valence-electron chi connectivity index (χ4n) is 5.26. The van der Waals surface area contributed by atoms with Crippen LogP contribution in [0.25, 0.3) is 0 Å². The van der Waals surface area contributed by atoms with Crippen molar-refractivity contribution in [2.24, 2.45) is 5.92 Å². The predicted octanol–water partition coefficient (Wildman–Crippen LogP) is 6.87. The van der Waals surface area contributed by atoms with E-state index < -0.39 is 41.3 Å². The Bertz CT molecular complexity index is 1330. The van der Waals surface area contributed by atoms with E-state index in [2.05, 4.69) is 5.10 Å². The molecule has 2 aromatic carbocycles. The summed E-state index contributed by atoms with van der Waals surface area (Å²) in [5.74, 6) is -2.28. The number of carboxylic acid groups (broad SMARTS) is 1. The third kappa shape index (κ3) is 6.82. The minimum Gasteiger partial charge on any atom is -0.481 e. The van der Waals surface area contributed by atoms with Crippen LogP contribution in [0.2, 0.25) is 5.02 Å². The molecule has 0 spiro atoms. The van der Waals surface area contributed by atoms with E-state index >= 15 is 0 Å². The van der Waals surface area contributed by atoms with Gasteiger partial charge in [-0.3, -0.25) is 14.3 Å². The van der Waals surface area contributed by atoms with Gasteiger partial charge in [0.15, 0.2) is 5.69 Å². The molecule has 1 aliphatic carbocycles. The second kappa shape index (κ2) is 11.8. The summed E-state index contributed by atoms with van der Waals surface area (Å²) in [6, 6.07) is 12.2. The number of aromatic nitrogens is 2. The Hall–Kier alpha value is -3.33. The molecule has 0 saturated heterocycles. The highest BCUT2D eigenvalue weighted by atomic mass is 35.5. The zero-order chi connectivity index (χ0) is 28.3. The van der Waals surface area contributed by atoms with Crippen molar-refractivity contribution in [2.45, 2.75) is 64.7 Å². The minimum absolute atomic E-state index is 0.104. The number of carbonyl (C=O) groups excluding carboxylic acids is 1. The van der Waals surface area contributed by atoms with Crippen molar-refractivity contribution in [3.05, 3.63) is 87.2 Å². The fourth-order valence-corrected chi connectivity index (χ4v) is 5.39. The molecule has 1 aliphatic rings. The van der Waals surface area contributed by atoms with Crippen LogP contribution in [0.5, 0.6) is 0 Å². The molecule has 0 atom stereocenters. The Labute approximate surface area is 230 Å². The molecule has 0 radical (unpaired) electrons. The van der Waals surface area contributed by atoms with Gasteiger partial charge in [0.1, 0.15) is 0 Å². The summed E-state index contributed by atoms with van der Waals surface area (Å²) in [6.07, 6.45) is -2.32. The number of aryl methyl sites for hydroxylation is 2. The molecule has 1 saturated carbocycles. The molecule has 4 rings (SSSR count). The van der Waals surface area contributed by atoms with Gasteiger partial charge in [0.25, 0.3) is 5.91 Å². The van der Waals surface area contributed by atoms with Crippen molar-refractivity contribution in [3.63, 3.8) is 0 Å². The van der Waals surface area contributed by atoms with Crippen LogP contribution < -0.4 is 0 Å². The standard InChI is InChI=1S/C29H31ClF3N3O3/c1-18-3-6-21(19(2)15-18)13-14-35(17-20-4-9-23(30)10-5-20)27(37)25-16-34-36(26(25)29(31,32)33)24-11-7-22(8-12-24)28(38)39/h3-6,9-10,15-16,22,24H,7-8,11-14,17H2,1-2H3,(H,38,39)/t22-,24-. The molecule has 6 nitrogen and oxygen atoms in total. The van der Waals surface area contributed by atoms with Gasteiger partial charge in [-0.2, -0.15) is 18.3 Å². The lowest BCUT2D eigenvalue weighted by Crippen LogP contribution is -2.34. The number of alkyl halides is 3. The zero-order valence-electron chi connectivity index (χ0n) is 21.8. The molecule has 208 valence electrons. The number of benzene rings is 2. The van der Waals surface area contributed by atoms with Crippen LogP contribution in [-0.2, 0) is 23.9 Å². The van der Waals surface area contributed by atoms with Crippen LogP contribution in [0.1, 0.15) is 70.0 Å². The highest BCUT2D eigenvalue weighted by Crippen LogP contribution is 2.39. The Balaban J connectivity index is 1.64. The summed E-state index contributed by atoms with van der Waals surface area (Å²) in [6.45, 7) is 4.26. The van der Waals surface area contributed by atoms with Gasteiger partial charge in [-0.25, -0.2) is 0 Å². The summed E-state index contributed by atoms with van der Waals surface area (Å²) < 4.78 is 44.1. The van der Waals surface area contributed by atoms with Gasteiger partial charge in [0, 0.05) is 18.1 Å². The van der Waals surface area contributed by atoms with E-state index in [1.165, 1.54) is 4.90 Å². The largest absolute Gasteiger partial charge is 0.481 e. The molecule has 1 N–H and O–H groups in total. The summed E-state index contributed by atoms with van der Waals surface area (Å²) in [7, 11) is 0. The molecule has 3 aromatic rings. The van der Waals surface area contributed by atoms with Gasteiger partial charge in [0.2, 0.25) is 0 Å². The molecule has 1 amide bonds. The van der Waals surface area contributed by atoms with Crippen LogP contribution in [0.4, 0.5) is 13.2 Å². The molecular weight excluding hydrogens is 531 g/mol. The average molecular weight is 562 g/mol. The Kier molecular flexibility index (Phi) is 8.69. The van der Waals surface area contributed by atoms with Gasteiger partial charge < -0.3 is 10.0 Å². The number of aliphatic carboxylic acids is 1. The lowest BCUT2D eigenvalue weighted by atomic mass is 9.86. The van der Waals surface area contributed by atoms with Crippen molar-refractivity contribution < 1.29 is 27.9 Å². The summed E-state index contributed by atoms with van der Waals surface area (Å²) in [4.78, 5) is 26.5. The molecule has 0 unspecified atom stereocenters. The number of carbonyl (C=O) groups is 2. The molecule has 39 heavy (non-hydrogen) atoms. The number of nitrogens with zero attached hydrogens (tertiary/aromatic N) is 3. The molecule has 10 heteroatoms. The summed E-state index contributed by atoms with van der Waals surface area (Å²) >= 11 is 6.00. The Morgan fingerprint density at radius 3 is 2.33 bits per heavy atom. The van der Waals surface area contributed by atoms with Crippen LogP contribution in [0.15, 0.2) is 48.7 Å². The normalized spacial score (nSPS) is 17.7. The van der Waals surface area contributed by atoms with Crippen LogP contribution in [-0.4, -0.2) is 38.2 Å². The van der Waals surface area contributed by atoms with E-state index in [1.54, 1.807) is 24.3 Å². The lowest BCUT2D eigenvalue weighted by molar-refractivity contribution is -0.147. The zero-order valence-corrected chi connectivity index (χ0v) is 22.6. The number of amides is 1. The van der Waals surface area contributed by atoms with E-state index in [4.69, 9.17) is 11.6 Å². The Morgan fingerprint density at radius 2 is 1.74 bits per heavy atom. The summed E-state index contributed by atoms with van der Waals surface area (Å²) in [5.41, 5.74) is 2.31. The lowest BCUT2D eigenvalue weighted by Gasteiger charge is -2.28. The minimum atomic E-state index is -4.81. The molecule has 0 bridgehead atoms. The topological polar surface area (TPSA) is 75.4 Å². The molecule has 1 aromatic heterocycles. The Morgan fingerprint density at radius 1 is 1.08 bits per heavy atom. The van der Waals surface area contributed by atoms with Gasteiger partial charge in [0.05, 0.1) is 23.7 Å².